The van der Waals surface area contributed by atoms with Gasteiger partial charge in [0.1, 0.15) is 0 Å². The van der Waals surface area contributed by atoms with Gasteiger partial charge in [-0.25, -0.2) is 9.35 Å². The molecule has 0 unspecified atom stereocenters. The SMILES string of the molecule is CCCNN(C(C)C)[Si](OC)(OC)N(NCCC)C(C)C. The third-order valence-electron chi connectivity index (χ3n) is 3.24. The van der Waals surface area contributed by atoms with Gasteiger partial charge in [0.2, 0.25) is 0 Å². The highest BCUT2D eigenvalue weighted by molar-refractivity contribution is 6.61. The van der Waals surface area contributed by atoms with Crippen LogP contribution in [-0.4, -0.2) is 57.6 Å². The van der Waals surface area contributed by atoms with Gasteiger partial charge in [0.25, 0.3) is 0 Å². The Morgan fingerprint density at radius 3 is 1.33 bits per heavy atom. The Bertz CT molecular complexity index is 241. The zero-order valence-corrected chi connectivity index (χ0v) is 16.2. The molecule has 0 aromatic rings. The highest BCUT2D eigenvalue weighted by Gasteiger charge is 2.53. The van der Waals surface area contributed by atoms with E-state index in [2.05, 4.69) is 61.7 Å². The molecule has 7 heteroatoms. The van der Waals surface area contributed by atoms with Crippen LogP contribution in [0.25, 0.3) is 0 Å². The average Bonchev–Trinajstić information content (AvgIpc) is 2.45. The van der Waals surface area contributed by atoms with Gasteiger partial charge in [-0.05, 0) is 40.5 Å². The van der Waals surface area contributed by atoms with Crippen LogP contribution in [0, 0.1) is 0 Å². The van der Waals surface area contributed by atoms with E-state index < -0.39 is 8.88 Å². The lowest BCUT2D eigenvalue weighted by atomic mass is 10.4. The molecule has 0 saturated carbocycles. The Morgan fingerprint density at radius 1 is 0.810 bits per heavy atom. The minimum Gasteiger partial charge on any atom is -0.372 e. The van der Waals surface area contributed by atoms with Gasteiger partial charge in [0.15, 0.2) is 0 Å². The minimum absolute atomic E-state index is 0.271. The first-order valence-corrected chi connectivity index (χ1v) is 9.78. The predicted molar refractivity (Wildman–Crippen MR) is 90.3 cm³/mol. The monoisotopic (exact) mass is 320 g/mol. The van der Waals surface area contributed by atoms with E-state index in [9.17, 15) is 0 Å². The number of nitrogens with zero attached hydrogens (tertiary/aromatic N) is 2. The maximum Gasteiger partial charge on any atom is 0.550 e. The number of hydrazine groups is 2. The van der Waals surface area contributed by atoms with Crippen molar-refractivity contribution in [1.29, 1.82) is 0 Å². The van der Waals surface area contributed by atoms with Crippen LogP contribution in [0.4, 0.5) is 0 Å². The van der Waals surface area contributed by atoms with Gasteiger partial charge < -0.3 is 8.85 Å². The molecule has 0 aliphatic carbocycles. The van der Waals surface area contributed by atoms with Gasteiger partial charge in [0.05, 0.1) is 0 Å². The van der Waals surface area contributed by atoms with Crippen LogP contribution >= 0.6 is 0 Å². The van der Waals surface area contributed by atoms with Crippen molar-refractivity contribution in [2.45, 2.75) is 66.5 Å². The summed E-state index contributed by atoms with van der Waals surface area (Å²) in [5.41, 5.74) is 6.97. The third-order valence-corrected chi connectivity index (χ3v) is 6.87. The summed E-state index contributed by atoms with van der Waals surface area (Å²) >= 11 is 0. The Hall–Kier alpha value is -0.0231. The molecule has 0 atom stereocenters. The van der Waals surface area contributed by atoms with Crippen molar-refractivity contribution in [2.24, 2.45) is 0 Å². The van der Waals surface area contributed by atoms with Gasteiger partial charge in [-0.2, -0.15) is 0 Å². The highest BCUT2D eigenvalue weighted by atomic mass is 28.4. The van der Waals surface area contributed by atoms with E-state index in [1.807, 2.05) is 0 Å². The summed E-state index contributed by atoms with van der Waals surface area (Å²) in [6.07, 6.45) is 2.12. The molecule has 0 bridgehead atoms. The summed E-state index contributed by atoms with van der Waals surface area (Å²) < 4.78 is 16.3. The number of nitrogens with one attached hydrogen (secondary N) is 2. The van der Waals surface area contributed by atoms with Gasteiger partial charge >= 0.3 is 8.88 Å². The molecule has 6 nitrogen and oxygen atoms in total. The van der Waals surface area contributed by atoms with Crippen molar-refractivity contribution < 1.29 is 8.85 Å². The molecule has 0 amide bonds. The Balaban J connectivity index is 5.47. The molecule has 0 aliphatic heterocycles. The molecule has 21 heavy (non-hydrogen) atoms. The van der Waals surface area contributed by atoms with Crippen molar-refractivity contribution in [3.8, 4) is 0 Å². The second-order valence-corrected chi connectivity index (χ2v) is 8.58. The van der Waals surface area contributed by atoms with Crippen molar-refractivity contribution in [3.63, 3.8) is 0 Å². The van der Waals surface area contributed by atoms with Crippen LogP contribution in [-0.2, 0) is 8.85 Å². The zero-order valence-electron chi connectivity index (χ0n) is 15.2. The summed E-state index contributed by atoms with van der Waals surface area (Å²) in [5, 5.41) is 0. The fourth-order valence-corrected chi connectivity index (χ4v) is 5.39. The highest BCUT2D eigenvalue weighted by Crippen LogP contribution is 2.19. The predicted octanol–water partition coefficient (Wildman–Crippen LogP) is 1.96. The Kier molecular flexibility index (Phi) is 10.6. The first kappa shape index (κ1) is 21.0. The summed E-state index contributed by atoms with van der Waals surface area (Å²) in [6, 6.07) is 0.542. The molecular formula is C14H36N4O2Si. The Morgan fingerprint density at radius 2 is 1.14 bits per heavy atom. The van der Waals surface area contributed by atoms with E-state index in [1.54, 1.807) is 14.2 Å². The molecule has 0 fully saturated rings. The first-order chi connectivity index (χ1) is 9.91. The standard InChI is InChI=1S/C14H36N4O2Si/c1-9-11-15-17(13(3)4)21(19-7,20-8)18(14(5)6)16-12-10-2/h13-16H,9-12H2,1-8H3. The molecule has 0 spiro atoms. The quantitative estimate of drug-likeness (QED) is 0.423. The van der Waals surface area contributed by atoms with Crippen LogP contribution < -0.4 is 10.9 Å². The second-order valence-electron chi connectivity index (χ2n) is 5.70. The van der Waals surface area contributed by atoms with Crippen LogP contribution in [0.3, 0.4) is 0 Å². The van der Waals surface area contributed by atoms with E-state index in [1.165, 1.54) is 0 Å². The lowest BCUT2D eigenvalue weighted by Crippen LogP contribution is -2.77. The summed E-state index contributed by atoms with van der Waals surface area (Å²) in [6.45, 7) is 14.7. The first-order valence-electron chi connectivity index (χ1n) is 8.07. The van der Waals surface area contributed by atoms with Crippen molar-refractivity contribution in [1.82, 2.24) is 20.2 Å². The third kappa shape index (κ3) is 5.59. The second kappa shape index (κ2) is 10.7. The smallest absolute Gasteiger partial charge is 0.372 e. The average molecular weight is 321 g/mol. The van der Waals surface area contributed by atoms with Crippen molar-refractivity contribution >= 4 is 8.88 Å². The maximum absolute atomic E-state index is 5.97. The van der Waals surface area contributed by atoms with E-state index >= 15 is 0 Å². The van der Waals surface area contributed by atoms with Crippen LogP contribution in [0.5, 0.6) is 0 Å². The van der Waals surface area contributed by atoms with Gasteiger partial charge in [0, 0.05) is 39.4 Å². The lowest BCUT2D eigenvalue weighted by Gasteiger charge is -2.47. The van der Waals surface area contributed by atoms with Crippen LogP contribution in [0.1, 0.15) is 54.4 Å². The van der Waals surface area contributed by atoms with Crippen molar-refractivity contribution in [3.05, 3.63) is 0 Å². The van der Waals surface area contributed by atoms with Gasteiger partial charge in [-0.3, -0.25) is 10.9 Å². The number of hydrogen-bond donors (Lipinski definition) is 2. The zero-order chi connectivity index (χ0) is 16.5. The fourth-order valence-electron chi connectivity index (χ4n) is 2.27. The summed E-state index contributed by atoms with van der Waals surface area (Å²) in [5.74, 6) is 0. The molecule has 0 aliphatic rings. The van der Waals surface area contributed by atoms with Crippen LogP contribution in [0.15, 0.2) is 0 Å². The van der Waals surface area contributed by atoms with E-state index in [0.717, 1.165) is 25.9 Å². The fraction of sp³-hybridized carbons (Fsp3) is 1.00. The van der Waals surface area contributed by atoms with E-state index in [4.69, 9.17) is 8.85 Å². The molecule has 0 heterocycles. The van der Waals surface area contributed by atoms with E-state index in [-0.39, 0.29) is 12.1 Å². The molecule has 0 aromatic heterocycles. The molecule has 0 saturated heterocycles. The lowest BCUT2D eigenvalue weighted by molar-refractivity contribution is 0.0255. The summed E-state index contributed by atoms with van der Waals surface area (Å²) in [7, 11) is 0.717. The van der Waals surface area contributed by atoms with Crippen LogP contribution in [0.2, 0.25) is 0 Å². The van der Waals surface area contributed by atoms with Crippen molar-refractivity contribution in [2.75, 3.05) is 27.3 Å². The molecule has 128 valence electrons. The molecule has 0 rings (SSSR count). The normalized spacial score (nSPS) is 13.1. The molecule has 2 N–H and O–H groups in total. The molecule has 0 aromatic carbocycles. The van der Waals surface area contributed by atoms with E-state index in [0.29, 0.717) is 0 Å². The maximum atomic E-state index is 5.97. The molecular weight excluding hydrogens is 284 g/mol. The number of rotatable bonds is 12. The molecule has 0 radical (unpaired) electrons. The Labute approximate surface area is 132 Å². The van der Waals surface area contributed by atoms with Gasteiger partial charge in [-0.1, -0.05) is 13.8 Å². The van der Waals surface area contributed by atoms with Gasteiger partial charge in [-0.15, -0.1) is 0 Å². The number of hydrogen-bond acceptors (Lipinski definition) is 6. The summed E-state index contributed by atoms with van der Waals surface area (Å²) in [4.78, 5) is 0. The largest absolute Gasteiger partial charge is 0.550 e. The topological polar surface area (TPSA) is 49.0 Å². The minimum atomic E-state index is -2.76.